The van der Waals surface area contributed by atoms with E-state index in [4.69, 9.17) is 14.4 Å². The minimum Gasteiger partial charge on any atom is -0.456 e. The van der Waals surface area contributed by atoms with Crippen molar-refractivity contribution in [3.63, 3.8) is 0 Å². The van der Waals surface area contributed by atoms with Crippen molar-refractivity contribution in [2.24, 2.45) is 0 Å². The van der Waals surface area contributed by atoms with Crippen molar-refractivity contribution < 1.29 is 4.42 Å². The van der Waals surface area contributed by atoms with Crippen LogP contribution in [-0.2, 0) is 0 Å². The fraction of sp³-hybridized carbons (Fsp3) is 0. The maximum atomic E-state index is 6.57. The number of hydrogen-bond donors (Lipinski definition) is 0. The first-order chi connectivity index (χ1) is 22.8. The van der Waals surface area contributed by atoms with Crippen molar-refractivity contribution in [3.8, 4) is 17.2 Å². The van der Waals surface area contributed by atoms with Gasteiger partial charge >= 0.3 is 0 Å². The predicted molar refractivity (Wildman–Crippen MR) is 190 cm³/mol. The van der Waals surface area contributed by atoms with Crippen LogP contribution < -0.4 is 0 Å². The van der Waals surface area contributed by atoms with Gasteiger partial charge in [-0.05, 0) is 57.3 Å². The average Bonchev–Trinajstić information content (AvgIpc) is 3.62. The molecule has 9 aromatic carbocycles. The van der Waals surface area contributed by atoms with Gasteiger partial charge in [0, 0.05) is 48.7 Å². The highest BCUT2D eigenvalue weighted by Crippen LogP contribution is 2.51. The Labute approximate surface area is 260 Å². The van der Waals surface area contributed by atoms with Crippen LogP contribution in [0.4, 0.5) is 0 Å². The van der Waals surface area contributed by atoms with Crippen molar-refractivity contribution in [2.45, 2.75) is 0 Å². The van der Waals surface area contributed by atoms with Crippen molar-refractivity contribution >= 4 is 97.7 Å². The Bertz CT molecular complexity index is 3180. The first-order valence-corrected chi connectivity index (χ1v) is 15.7. The molecule has 12 rings (SSSR count). The molecule has 0 aliphatic rings. The Morgan fingerprint density at radius 3 is 1.78 bits per heavy atom. The van der Waals surface area contributed by atoms with E-state index in [1.807, 2.05) is 0 Å². The third kappa shape index (κ3) is 2.65. The topological polar surface area (TPSA) is 43.9 Å². The van der Waals surface area contributed by atoms with Crippen LogP contribution in [0.2, 0.25) is 0 Å². The zero-order chi connectivity index (χ0) is 29.7. The second-order valence-electron chi connectivity index (χ2n) is 12.5. The van der Waals surface area contributed by atoms with Gasteiger partial charge in [-0.1, -0.05) is 97.1 Å². The zero-order valence-electron chi connectivity index (χ0n) is 24.4. The van der Waals surface area contributed by atoms with Gasteiger partial charge in [-0.15, -0.1) is 0 Å². The molecule has 12 aromatic rings. The third-order valence-corrected chi connectivity index (χ3v) is 10.3. The summed E-state index contributed by atoms with van der Waals surface area (Å²) in [5, 5.41) is 15.7. The lowest BCUT2D eigenvalue weighted by molar-refractivity contribution is 0.669. The molecule has 46 heavy (non-hydrogen) atoms. The van der Waals surface area contributed by atoms with E-state index < -0.39 is 0 Å². The van der Waals surface area contributed by atoms with E-state index in [2.05, 4.69) is 132 Å². The van der Waals surface area contributed by atoms with Crippen LogP contribution in [0.15, 0.2) is 132 Å². The number of fused-ring (bicyclic) bond motifs is 3. The number of furan rings is 1. The molecule has 0 aliphatic carbocycles. The van der Waals surface area contributed by atoms with Gasteiger partial charge in [0.1, 0.15) is 11.2 Å². The standard InChI is InChI=1S/C42H21N3O/c1-2-7-26(8-3-1)40-28-17-14-22-6-4-5-9-27(22)41(28)44-42(43-40)45-29-18-15-24-12-10-23-11-13-25-16-20-31-38-35(25)33(23)34(24)36(29)37-30(45)19-21-32(46-31)39(37)38/h1-21H. The van der Waals surface area contributed by atoms with Gasteiger partial charge in [-0.2, -0.15) is 0 Å². The van der Waals surface area contributed by atoms with E-state index >= 15 is 0 Å². The third-order valence-electron chi connectivity index (χ3n) is 10.3. The van der Waals surface area contributed by atoms with Crippen molar-refractivity contribution in [1.29, 1.82) is 0 Å². The maximum Gasteiger partial charge on any atom is 0.235 e. The number of rotatable bonds is 2. The molecule has 0 saturated heterocycles. The van der Waals surface area contributed by atoms with Crippen LogP contribution in [0.3, 0.4) is 0 Å². The normalized spacial score (nSPS) is 12.8. The van der Waals surface area contributed by atoms with Gasteiger partial charge in [0.25, 0.3) is 0 Å². The minimum atomic E-state index is 0.667. The zero-order valence-corrected chi connectivity index (χ0v) is 24.4. The molecule has 0 bridgehead atoms. The van der Waals surface area contributed by atoms with Crippen molar-refractivity contribution in [1.82, 2.24) is 14.5 Å². The fourth-order valence-corrected chi connectivity index (χ4v) is 8.37. The average molecular weight is 584 g/mol. The van der Waals surface area contributed by atoms with E-state index in [0.29, 0.717) is 5.95 Å². The Morgan fingerprint density at radius 2 is 0.978 bits per heavy atom. The molecule has 0 amide bonds. The highest BCUT2D eigenvalue weighted by atomic mass is 16.3. The minimum absolute atomic E-state index is 0.667. The molecular formula is C42H21N3O. The first-order valence-electron chi connectivity index (χ1n) is 15.7. The largest absolute Gasteiger partial charge is 0.456 e. The molecule has 0 radical (unpaired) electrons. The lowest BCUT2D eigenvalue weighted by Gasteiger charge is -2.14. The monoisotopic (exact) mass is 583 g/mol. The van der Waals surface area contributed by atoms with Gasteiger partial charge in [0.2, 0.25) is 5.95 Å². The molecule has 0 atom stereocenters. The predicted octanol–water partition coefficient (Wildman–Crippen LogP) is 11.2. The van der Waals surface area contributed by atoms with E-state index in [0.717, 1.165) is 55.1 Å². The van der Waals surface area contributed by atoms with Gasteiger partial charge in [-0.3, -0.25) is 4.57 Å². The molecule has 0 fully saturated rings. The number of hydrogen-bond acceptors (Lipinski definition) is 3. The fourth-order valence-electron chi connectivity index (χ4n) is 8.37. The summed E-state index contributed by atoms with van der Waals surface area (Å²) in [6.07, 6.45) is 0. The molecule has 0 unspecified atom stereocenters. The molecule has 3 heterocycles. The summed E-state index contributed by atoms with van der Waals surface area (Å²) in [5.74, 6) is 0.667. The highest BCUT2D eigenvalue weighted by Gasteiger charge is 2.27. The summed E-state index contributed by atoms with van der Waals surface area (Å²) >= 11 is 0. The molecular weight excluding hydrogens is 562 g/mol. The Morgan fingerprint density at radius 1 is 0.413 bits per heavy atom. The summed E-state index contributed by atoms with van der Waals surface area (Å²) in [6.45, 7) is 0. The Balaban J connectivity index is 1.35. The van der Waals surface area contributed by atoms with Gasteiger partial charge < -0.3 is 4.42 Å². The van der Waals surface area contributed by atoms with Crippen LogP contribution in [-0.4, -0.2) is 14.5 Å². The van der Waals surface area contributed by atoms with Crippen LogP contribution in [0.5, 0.6) is 0 Å². The van der Waals surface area contributed by atoms with E-state index in [1.54, 1.807) is 0 Å². The smallest absolute Gasteiger partial charge is 0.235 e. The van der Waals surface area contributed by atoms with Crippen LogP contribution >= 0.6 is 0 Å². The summed E-state index contributed by atoms with van der Waals surface area (Å²) in [5.41, 5.74) is 6.96. The van der Waals surface area contributed by atoms with E-state index in [9.17, 15) is 0 Å². The SMILES string of the molecule is c1ccc(-c2nc(-n3c4ccc5ccc6ccc7ccc8oc9ccc3c3c9c8c7c6c5c34)nc3c2ccc2ccccc23)cc1. The quantitative estimate of drug-likeness (QED) is 0.190. The lowest BCUT2D eigenvalue weighted by Crippen LogP contribution is -2.04. The molecule has 210 valence electrons. The van der Waals surface area contributed by atoms with Gasteiger partial charge in [0.05, 0.1) is 22.2 Å². The van der Waals surface area contributed by atoms with E-state index in [-0.39, 0.29) is 0 Å². The maximum absolute atomic E-state index is 6.57. The molecule has 0 saturated carbocycles. The summed E-state index contributed by atoms with van der Waals surface area (Å²) in [4.78, 5) is 10.8. The number of aromatic nitrogens is 3. The first kappa shape index (κ1) is 23.2. The molecule has 0 aliphatic heterocycles. The highest BCUT2D eigenvalue weighted by molar-refractivity contribution is 6.44. The molecule has 0 spiro atoms. The number of nitrogens with zero attached hydrogens (tertiary/aromatic N) is 3. The summed E-state index contributed by atoms with van der Waals surface area (Å²) in [7, 11) is 0. The second-order valence-corrected chi connectivity index (χ2v) is 12.5. The van der Waals surface area contributed by atoms with Crippen LogP contribution in [0.1, 0.15) is 0 Å². The Kier molecular flexibility index (Phi) is 3.96. The van der Waals surface area contributed by atoms with Crippen LogP contribution in [0.25, 0.3) is 115 Å². The lowest BCUT2D eigenvalue weighted by atomic mass is 9.94. The van der Waals surface area contributed by atoms with E-state index in [1.165, 1.54) is 53.9 Å². The van der Waals surface area contributed by atoms with Crippen molar-refractivity contribution in [2.75, 3.05) is 0 Å². The van der Waals surface area contributed by atoms with Gasteiger partial charge in [0.15, 0.2) is 0 Å². The summed E-state index contributed by atoms with van der Waals surface area (Å²) < 4.78 is 8.85. The molecule has 4 heteroatoms. The summed E-state index contributed by atoms with van der Waals surface area (Å²) in [6, 6.07) is 45.5. The second kappa shape index (κ2) is 7.87. The van der Waals surface area contributed by atoms with Crippen LogP contribution in [0, 0.1) is 0 Å². The molecule has 3 aromatic heterocycles. The van der Waals surface area contributed by atoms with Crippen molar-refractivity contribution in [3.05, 3.63) is 127 Å². The molecule has 0 N–H and O–H groups in total. The van der Waals surface area contributed by atoms with Gasteiger partial charge in [-0.25, -0.2) is 9.97 Å². The molecule has 4 nitrogen and oxygen atoms in total. The Hall–Kier alpha value is -6.26. The number of benzene rings is 8.